The van der Waals surface area contributed by atoms with Gasteiger partial charge in [-0.25, -0.2) is 4.79 Å². The second-order valence-electron chi connectivity index (χ2n) is 2.85. The number of aliphatic hydroxyl groups is 2. The lowest BCUT2D eigenvalue weighted by atomic mass is 10.5. The Labute approximate surface area is 80.0 Å². The van der Waals surface area contributed by atoms with Crippen LogP contribution in [0.2, 0.25) is 0 Å². The van der Waals surface area contributed by atoms with Crippen molar-refractivity contribution < 1.29 is 20.3 Å². The van der Waals surface area contributed by atoms with E-state index >= 15 is 0 Å². The molecule has 7 nitrogen and oxygen atoms in total. The molecule has 3 N–H and O–H groups in total. The van der Waals surface area contributed by atoms with E-state index in [9.17, 15) is 10.0 Å². The van der Waals surface area contributed by atoms with Crippen molar-refractivity contribution in [1.29, 1.82) is 0 Å². The van der Waals surface area contributed by atoms with Gasteiger partial charge in [0, 0.05) is 11.8 Å². The number of nitrogens with zero attached hydrogens (tertiary/aromatic N) is 3. The number of hydrogen-bond donors (Lipinski definition) is 3. The first-order valence-electron chi connectivity index (χ1n) is 4.27. The van der Waals surface area contributed by atoms with Crippen LogP contribution in [0.4, 0.5) is 0 Å². The molecular weight excluding hydrogens is 190 g/mol. The highest BCUT2D eigenvalue weighted by molar-refractivity contribution is 4.82. The molecule has 0 amide bonds. The van der Waals surface area contributed by atoms with Crippen LogP contribution in [-0.2, 0) is 13.1 Å². The molecule has 0 saturated heterocycles. The Morgan fingerprint density at radius 2 is 1.86 bits per heavy atom. The number of hydrogen-bond acceptors (Lipinski definition) is 4. The maximum absolute atomic E-state index is 11.4. The predicted molar refractivity (Wildman–Crippen MR) is 45.0 cm³/mol. The van der Waals surface area contributed by atoms with E-state index in [1.807, 2.05) is 0 Å². The van der Waals surface area contributed by atoms with Crippen LogP contribution >= 0.6 is 0 Å². The Morgan fingerprint density at radius 3 is 2.36 bits per heavy atom. The lowest BCUT2D eigenvalue weighted by molar-refractivity contribution is -0.972. The van der Waals surface area contributed by atoms with Crippen LogP contribution in [0.1, 0.15) is 5.69 Å². The van der Waals surface area contributed by atoms with Crippen LogP contribution in [0.5, 0.6) is 0 Å². The largest absolute Gasteiger partial charge is 0.400 e. The van der Waals surface area contributed by atoms with Crippen molar-refractivity contribution in [2.75, 3.05) is 13.2 Å². The fraction of sp³-hybridized carbons (Fsp3) is 0.714. The zero-order valence-electron chi connectivity index (χ0n) is 7.92. The van der Waals surface area contributed by atoms with Crippen molar-refractivity contribution >= 4 is 0 Å². The summed E-state index contributed by atoms with van der Waals surface area (Å²) < 4.78 is 1.17. The molecule has 0 unspecified atom stereocenters. The molecule has 0 spiro atoms. The molecule has 0 saturated carbocycles. The van der Waals surface area contributed by atoms with Gasteiger partial charge in [0.15, 0.2) is 0 Å². The molecule has 0 aliphatic heterocycles. The van der Waals surface area contributed by atoms with Crippen LogP contribution in [-0.4, -0.2) is 38.1 Å². The van der Waals surface area contributed by atoms with E-state index in [0.717, 1.165) is 0 Å². The van der Waals surface area contributed by atoms with Crippen molar-refractivity contribution in [3.8, 4) is 0 Å². The van der Waals surface area contributed by atoms with Crippen LogP contribution in [0.25, 0.3) is 0 Å². The van der Waals surface area contributed by atoms with Crippen LogP contribution in [0.15, 0.2) is 4.79 Å². The van der Waals surface area contributed by atoms with Gasteiger partial charge >= 0.3 is 5.56 Å². The van der Waals surface area contributed by atoms with Gasteiger partial charge < -0.3 is 15.4 Å². The average Bonchev–Trinajstić information content (AvgIpc) is 2.36. The molecule has 1 aromatic rings. The minimum Gasteiger partial charge on any atom is -0.394 e. The minimum absolute atomic E-state index is 0.0905. The fourth-order valence-electron chi connectivity index (χ4n) is 1.27. The molecule has 1 rings (SSSR count). The molecule has 0 bridgehead atoms. The van der Waals surface area contributed by atoms with Crippen molar-refractivity contribution in [3.63, 3.8) is 0 Å². The molecule has 80 valence electrons. The number of aromatic nitrogens is 3. The van der Waals surface area contributed by atoms with Gasteiger partial charge in [-0.1, -0.05) is 0 Å². The molecule has 1 aromatic heterocycles. The highest BCUT2D eigenvalue weighted by Gasteiger charge is 2.22. The average molecular weight is 204 g/mol. The zero-order chi connectivity index (χ0) is 10.7. The summed E-state index contributed by atoms with van der Waals surface area (Å²) in [5.74, 6) is 0. The summed E-state index contributed by atoms with van der Waals surface area (Å²) in [5, 5.41) is 26.8. The highest BCUT2D eigenvalue weighted by atomic mass is 16.5. The molecular formula is C7H14N3O4+. The smallest absolute Gasteiger partial charge is 0.394 e. The standard InChI is InChI=1S/C7H14N3O4/c1-6-7(13)8(2-4-11)9(3-5-12)10(6)14/h11-12,14H,2-5H2,1H3/q+1. The molecule has 0 aromatic carbocycles. The van der Waals surface area contributed by atoms with Crippen molar-refractivity contribution in [3.05, 3.63) is 16.0 Å². The Morgan fingerprint density at radius 1 is 1.29 bits per heavy atom. The monoisotopic (exact) mass is 204 g/mol. The quantitative estimate of drug-likeness (QED) is 0.372. The highest BCUT2D eigenvalue weighted by Crippen LogP contribution is 1.84. The van der Waals surface area contributed by atoms with Gasteiger partial charge in [0.05, 0.1) is 13.2 Å². The summed E-state index contributed by atoms with van der Waals surface area (Å²) in [6.07, 6.45) is 0. The van der Waals surface area contributed by atoms with E-state index < -0.39 is 0 Å². The molecule has 0 aliphatic carbocycles. The SMILES string of the molecule is Cc1c(=O)n(CCO)n(CCO)[n+]1O. The van der Waals surface area contributed by atoms with Crippen LogP contribution < -0.4 is 10.4 Å². The summed E-state index contributed by atoms with van der Waals surface area (Å²) in [4.78, 5) is 13.3. The Bertz CT molecular complexity index is 368. The predicted octanol–water partition coefficient (Wildman–Crippen LogP) is -2.53. The van der Waals surface area contributed by atoms with E-state index in [4.69, 9.17) is 10.2 Å². The Hall–Kier alpha value is -1.34. The lowest BCUT2D eigenvalue weighted by Crippen LogP contribution is -2.45. The maximum Gasteiger partial charge on any atom is 0.400 e. The van der Waals surface area contributed by atoms with Gasteiger partial charge in [-0.3, -0.25) is 0 Å². The lowest BCUT2D eigenvalue weighted by Gasteiger charge is -2.00. The molecule has 0 atom stereocenters. The molecule has 14 heavy (non-hydrogen) atoms. The fourth-order valence-corrected chi connectivity index (χ4v) is 1.27. The van der Waals surface area contributed by atoms with E-state index in [-0.39, 0.29) is 37.6 Å². The third-order valence-electron chi connectivity index (χ3n) is 1.95. The molecule has 1 heterocycles. The van der Waals surface area contributed by atoms with Crippen molar-refractivity contribution in [1.82, 2.24) is 9.48 Å². The van der Waals surface area contributed by atoms with Crippen LogP contribution in [0.3, 0.4) is 0 Å². The second kappa shape index (κ2) is 4.25. The summed E-state index contributed by atoms with van der Waals surface area (Å²) in [5.41, 5.74) is -0.234. The molecule has 0 fully saturated rings. The summed E-state index contributed by atoms with van der Waals surface area (Å²) in [7, 11) is 0. The molecule has 0 aliphatic rings. The summed E-state index contributed by atoms with van der Waals surface area (Å²) >= 11 is 0. The topological polar surface area (TPSA) is 91.5 Å². The van der Waals surface area contributed by atoms with Crippen molar-refractivity contribution in [2.24, 2.45) is 0 Å². The van der Waals surface area contributed by atoms with E-state index in [1.54, 1.807) is 0 Å². The first kappa shape index (κ1) is 10.7. The van der Waals surface area contributed by atoms with Gasteiger partial charge in [-0.2, -0.15) is 0 Å². The third kappa shape index (κ3) is 1.64. The summed E-state index contributed by atoms with van der Waals surface area (Å²) in [6.45, 7) is 1.26. The minimum atomic E-state index is -0.380. The van der Waals surface area contributed by atoms with Gasteiger partial charge in [-0.15, -0.1) is 4.68 Å². The van der Waals surface area contributed by atoms with Gasteiger partial charge in [0.1, 0.15) is 13.1 Å². The van der Waals surface area contributed by atoms with E-state index in [1.165, 1.54) is 16.4 Å². The first-order valence-corrected chi connectivity index (χ1v) is 4.27. The maximum atomic E-state index is 11.4. The summed E-state index contributed by atoms with van der Waals surface area (Å²) in [6, 6.07) is 0. The molecule has 7 heteroatoms. The Kier molecular flexibility index (Phi) is 3.26. The second-order valence-corrected chi connectivity index (χ2v) is 2.85. The normalized spacial score (nSPS) is 10.8. The van der Waals surface area contributed by atoms with Gasteiger partial charge in [0.2, 0.25) is 0 Å². The van der Waals surface area contributed by atoms with E-state index in [0.29, 0.717) is 4.85 Å². The van der Waals surface area contributed by atoms with Gasteiger partial charge in [0.25, 0.3) is 5.69 Å². The Balaban J connectivity index is 3.22. The van der Waals surface area contributed by atoms with Crippen molar-refractivity contribution in [2.45, 2.75) is 20.0 Å². The number of aliphatic hydroxyl groups excluding tert-OH is 2. The van der Waals surface area contributed by atoms with Gasteiger partial charge in [-0.05, 0) is 4.80 Å². The first-order chi connectivity index (χ1) is 6.63. The third-order valence-corrected chi connectivity index (χ3v) is 1.95. The van der Waals surface area contributed by atoms with E-state index in [2.05, 4.69) is 0 Å². The zero-order valence-corrected chi connectivity index (χ0v) is 7.92. The molecule has 0 radical (unpaired) electrons. The number of rotatable bonds is 4. The van der Waals surface area contributed by atoms with Crippen LogP contribution in [0, 0.1) is 6.92 Å².